The van der Waals surface area contributed by atoms with E-state index in [1.54, 1.807) is 12.5 Å². The Morgan fingerprint density at radius 1 is 1.06 bits per heavy atom. The Labute approximate surface area is 92.5 Å². The van der Waals surface area contributed by atoms with E-state index in [4.69, 9.17) is 10.2 Å². The average molecular weight is 210 g/mol. The molecule has 0 aliphatic rings. The van der Waals surface area contributed by atoms with Gasteiger partial charge in [-0.25, -0.2) is 0 Å². The number of nitrogen functional groups attached to an aromatic ring is 1. The predicted molar refractivity (Wildman–Crippen MR) is 63.9 cm³/mol. The highest BCUT2D eigenvalue weighted by Gasteiger charge is 2.08. The number of rotatable bonds is 1. The Morgan fingerprint density at radius 3 is 2.81 bits per heavy atom. The summed E-state index contributed by atoms with van der Waals surface area (Å²) >= 11 is 0. The molecule has 2 N–H and O–H groups in total. The number of aromatic nitrogens is 1. The number of benzene rings is 1. The van der Waals surface area contributed by atoms with Crippen molar-refractivity contribution in [3.05, 3.63) is 48.9 Å². The summed E-state index contributed by atoms with van der Waals surface area (Å²) in [6.45, 7) is 0. The van der Waals surface area contributed by atoms with Crippen LogP contribution in [0.5, 0.6) is 0 Å². The standard InChI is InChI=1S/C13H10N2O/c14-11-6-5-9(12-4-2-8-16-12)10-3-1-7-15-13(10)11/h1-8H,14H2. The Hall–Kier alpha value is -2.29. The van der Waals surface area contributed by atoms with Crippen molar-refractivity contribution >= 4 is 16.6 Å². The van der Waals surface area contributed by atoms with E-state index >= 15 is 0 Å². The van der Waals surface area contributed by atoms with Gasteiger partial charge in [-0.3, -0.25) is 4.98 Å². The number of hydrogen-bond donors (Lipinski definition) is 1. The minimum absolute atomic E-state index is 0.686. The molecule has 0 amide bonds. The number of anilines is 1. The molecule has 1 aromatic carbocycles. The van der Waals surface area contributed by atoms with Crippen molar-refractivity contribution in [3.63, 3.8) is 0 Å². The maximum atomic E-state index is 5.89. The Balaban J connectivity index is 2.39. The zero-order chi connectivity index (χ0) is 11.0. The van der Waals surface area contributed by atoms with Gasteiger partial charge in [-0.15, -0.1) is 0 Å². The van der Waals surface area contributed by atoms with Gasteiger partial charge in [0.05, 0.1) is 17.5 Å². The highest BCUT2D eigenvalue weighted by Crippen LogP contribution is 2.30. The summed E-state index contributed by atoms with van der Waals surface area (Å²) in [5.74, 6) is 0.831. The van der Waals surface area contributed by atoms with Gasteiger partial charge in [-0.05, 0) is 30.3 Å². The quantitative estimate of drug-likeness (QED) is 0.628. The molecule has 78 valence electrons. The molecule has 3 rings (SSSR count). The summed E-state index contributed by atoms with van der Waals surface area (Å²) in [4.78, 5) is 4.28. The number of fused-ring (bicyclic) bond motifs is 1. The molecule has 0 atom stereocenters. The molecule has 0 saturated carbocycles. The molecule has 0 unspecified atom stereocenters. The highest BCUT2D eigenvalue weighted by molar-refractivity contribution is 5.99. The molecule has 0 saturated heterocycles. The van der Waals surface area contributed by atoms with Crippen molar-refractivity contribution in [2.45, 2.75) is 0 Å². The monoisotopic (exact) mass is 210 g/mol. The molecule has 3 heteroatoms. The summed E-state index contributed by atoms with van der Waals surface area (Å²) in [7, 11) is 0. The van der Waals surface area contributed by atoms with Crippen LogP contribution in [0.15, 0.2) is 53.3 Å². The first-order chi connectivity index (χ1) is 7.86. The molecule has 16 heavy (non-hydrogen) atoms. The summed E-state index contributed by atoms with van der Waals surface area (Å²) in [5.41, 5.74) is 8.40. The molecular formula is C13H10N2O. The second-order valence-corrected chi connectivity index (χ2v) is 3.58. The fourth-order valence-electron chi connectivity index (χ4n) is 1.84. The summed E-state index contributed by atoms with van der Waals surface area (Å²) in [6, 6.07) is 11.5. The van der Waals surface area contributed by atoms with Gasteiger partial charge in [0.15, 0.2) is 0 Å². The van der Waals surface area contributed by atoms with Crippen LogP contribution in [0.1, 0.15) is 0 Å². The van der Waals surface area contributed by atoms with E-state index in [0.717, 1.165) is 22.2 Å². The van der Waals surface area contributed by atoms with Gasteiger partial charge >= 0.3 is 0 Å². The largest absolute Gasteiger partial charge is 0.464 e. The third-order valence-electron chi connectivity index (χ3n) is 2.59. The first-order valence-electron chi connectivity index (χ1n) is 5.03. The molecule has 0 radical (unpaired) electrons. The lowest BCUT2D eigenvalue weighted by molar-refractivity contribution is 0.583. The molecule has 0 spiro atoms. The Kier molecular flexibility index (Phi) is 1.90. The number of furan rings is 1. The minimum Gasteiger partial charge on any atom is -0.464 e. The van der Waals surface area contributed by atoms with Crippen molar-refractivity contribution in [3.8, 4) is 11.3 Å². The Bertz CT molecular complexity index is 629. The molecule has 2 heterocycles. The van der Waals surface area contributed by atoms with Crippen LogP contribution >= 0.6 is 0 Å². The second-order valence-electron chi connectivity index (χ2n) is 3.58. The van der Waals surface area contributed by atoms with E-state index in [2.05, 4.69) is 4.98 Å². The van der Waals surface area contributed by atoms with Crippen LogP contribution < -0.4 is 5.73 Å². The molecule has 2 aromatic heterocycles. The average Bonchev–Trinajstić information content (AvgIpc) is 2.83. The zero-order valence-corrected chi connectivity index (χ0v) is 8.55. The normalized spacial score (nSPS) is 10.8. The number of pyridine rings is 1. The predicted octanol–water partition coefficient (Wildman–Crippen LogP) is 3.08. The maximum absolute atomic E-state index is 5.89. The van der Waals surface area contributed by atoms with E-state index in [1.165, 1.54) is 0 Å². The third kappa shape index (κ3) is 1.26. The minimum atomic E-state index is 0.686. The van der Waals surface area contributed by atoms with Gasteiger partial charge in [-0.2, -0.15) is 0 Å². The van der Waals surface area contributed by atoms with Gasteiger partial charge < -0.3 is 10.2 Å². The van der Waals surface area contributed by atoms with E-state index < -0.39 is 0 Å². The zero-order valence-electron chi connectivity index (χ0n) is 8.55. The van der Waals surface area contributed by atoms with Gasteiger partial charge in [0, 0.05) is 17.1 Å². The van der Waals surface area contributed by atoms with Crippen molar-refractivity contribution in [2.24, 2.45) is 0 Å². The molecule has 0 aliphatic carbocycles. The summed E-state index contributed by atoms with van der Waals surface area (Å²) in [5, 5.41) is 1.01. The molecule has 0 fully saturated rings. The smallest absolute Gasteiger partial charge is 0.134 e. The van der Waals surface area contributed by atoms with Crippen molar-refractivity contribution in [1.82, 2.24) is 4.98 Å². The first-order valence-corrected chi connectivity index (χ1v) is 5.03. The van der Waals surface area contributed by atoms with Crippen LogP contribution in [0.4, 0.5) is 5.69 Å². The van der Waals surface area contributed by atoms with E-state index in [1.807, 2.05) is 36.4 Å². The van der Waals surface area contributed by atoms with Gasteiger partial charge in [0.1, 0.15) is 5.76 Å². The van der Waals surface area contributed by atoms with E-state index in [-0.39, 0.29) is 0 Å². The van der Waals surface area contributed by atoms with Crippen molar-refractivity contribution in [1.29, 1.82) is 0 Å². The summed E-state index contributed by atoms with van der Waals surface area (Å²) < 4.78 is 5.40. The second kappa shape index (κ2) is 3.38. The van der Waals surface area contributed by atoms with Crippen molar-refractivity contribution in [2.75, 3.05) is 5.73 Å². The molecule has 0 aliphatic heterocycles. The van der Waals surface area contributed by atoms with Crippen LogP contribution in [0.3, 0.4) is 0 Å². The lowest BCUT2D eigenvalue weighted by Gasteiger charge is -2.05. The SMILES string of the molecule is Nc1ccc(-c2ccco2)c2cccnc12. The molecular weight excluding hydrogens is 200 g/mol. The van der Waals surface area contributed by atoms with E-state index in [0.29, 0.717) is 5.69 Å². The van der Waals surface area contributed by atoms with E-state index in [9.17, 15) is 0 Å². The highest BCUT2D eigenvalue weighted by atomic mass is 16.3. The third-order valence-corrected chi connectivity index (χ3v) is 2.59. The van der Waals surface area contributed by atoms with Gasteiger partial charge in [-0.1, -0.05) is 6.07 Å². The number of hydrogen-bond acceptors (Lipinski definition) is 3. The van der Waals surface area contributed by atoms with Gasteiger partial charge in [0.2, 0.25) is 0 Å². The molecule has 0 bridgehead atoms. The lowest BCUT2D eigenvalue weighted by Crippen LogP contribution is -1.90. The molecule has 3 nitrogen and oxygen atoms in total. The van der Waals surface area contributed by atoms with Crippen LogP contribution in [-0.4, -0.2) is 4.98 Å². The van der Waals surface area contributed by atoms with Crippen LogP contribution in [0, 0.1) is 0 Å². The van der Waals surface area contributed by atoms with Crippen LogP contribution in [0.2, 0.25) is 0 Å². The molecule has 3 aromatic rings. The number of nitrogens with two attached hydrogens (primary N) is 1. The Morgan fingerprint density at radius 2 is 2.00 bits per heavy atom. The summed E-state index contributed by atoms with van der Waals surface area (Å²) in [6.07, 6.45) is 3.40. The fraction of sp³-hybridized carbons (Fsp3) is 0. The maximum Gasteiger partial charge on any atom is 0.134 e. The number of nitrogens with zero attached hydrogens (tertiary/aromatic N) is 1. The lowest BCUT2D eigenvalue weighted by atomic mass is 10.1. The van der Waals surface area contributed by atoms with Crippen molar-refractivity contribution < 1.29 is 4.42 Å². The first kappa shape index (κ1) is 8.97. The topological polar surface area (TPSA) is 52.0 Å². The van der Waals surface area contributed by atoms with Crippen LogP contribution in [-0.2, 0) is 0 Å². The fourth-order valence-corrected chi connectivity index (χ4v) is 1.84. The van der Waals surface area contributed by atoms with Gasteiger partial charge in [0.25, 0.3) is 0 Å². The van der Waals surface area contributed by atoms with Crippen LogP contribution in [0.25, 0.3) is 22.2 Å².